The van der Waals surface area contributed by atoms with Gasteiger partial charge in [-0.05, 0) is 28.0 Å². The smallest absolute Gasteiger partial charge is 0.0307 e. The van der Waals surface area contributed by atoms with Crippen molar-refractivity contribution in [3.05, 3.63) is 57.8 Å². The van der Waals surface area contributed by atoms with Crippen LogP contribution < -0.4 is 10.5 Å². The van der Waals surface area contributed by atoms with Gasteiger partial charge in [-0.3, -0.25) is 4.72 Å². The molecule has 2 rings (SSSR count). The maximum absolute atomic E-state index is 5.30. The van der Waals surface area contributed by atoms with Crippen LogP contribution in [0.4, 0.5) is 0 Å². The predicted octanol–water partition coefficient (Wildman–Crippen LogP) is 6.67. The summed E-state index contributed by atoms with van der Waals surface area (Å²) in [4.78, 5) is 1.25. The lowest BCUT2D eigenvalue weighted by Gasteiger charge is -2.19. The molecule has 1 aromatic heterocycles. The van der Waals surface area contributed by atoms with Crippen LogP contribution in [0.2, 0.25) is 0 Å². The van der Waals surface area contributed by atoms with Crippen molar-refractivity contribution in [2.24, 2.45) is 5.73 Å². The van der Waals surface area contributed by atoms with Gasteiger partial charge < -0.3 is 5.73 Å². The van der Waals surface area contributed by atoms with Crippen molar-refractivity contribution in [2.75, 3.05) is 0 Å². The summed E-state index contributed by atoms with van der Waals surface area (Å²) in [5.74, 6) is 0. The Labute approximate surface area is 162 Å². The van der Waals surface area contributed by atoms with Crippen LogP contribution in [-0.2, 0) is 18.5 Å². The summed E-state index contributed by atoms with van der Waals surface area (Å²) in [5, 5.41) is 2.03. The first-order valence-electron chi connectivity index (χ1n) is 8.66. The zero-order valence-corrected chi connectivity index (χ0v) is 18.1. The van der Waals surface area contributed by atoms with Gasteiger partial charge in [-0.25, -0.2) is 0 Å². The number of thiophene rings is 1. The van der Waals surface area contributed by atoms with Crippen molar-refractivity contribution in [3.8, 4) is 0 Å². The Balaban J connectivity index is -0.000000160. The standard InChI is InChI=1S/C11H17NS.C5H7NS.2C2H6.2H2/c1-11(2,3)10-6-4-9(5-7-10)8-12-13;6-4-5-2-1-3-7-5;2*1-2;;/h4-7,12-13H,8H2,1-3H3;1-3H,4,6H2;2*1-2H3;2*1H. The zero-order valence-electron chi connectivity index (χ0n) is 16.4. The summed E-state index contributed by atoms with van der Waals surface area (Å²) < 4.78 is 2.84. The minimum atomic E-state index is 0. The second-order valence-corrected chi connectivity index (χ2v) is 6.91. The summed E-state index contributed by atoms with van der Waals surface area (Å²) in [5.41, 5.74) is 8.19. The van der Waals surface area contributed by atoms with E-state index in [4.69, 9.17) is 5.73 Å². The van der Waals surface area contributed by atoms with E-state index in [1.165, 1.54) is 16.0 Å². The molecule has 24 heavy (non-hydrogen) atoms. The van der Waals surface area contributed by atoms with Gasteiger partial charge in [0, 0.05) is 20.8 Å². The molecule has 3 N–H and O–H groups in total. The zero-order chi connectivity index (χ0) is 19.0. The van der Waals surface area contributed by atoms with E-state index in [1.807, 2.05) is 45.2 Å². The fourth-order valence-corrected chi connectivity index (χ4v) is 2.41. The lowest BCUT2D eigenvalue weighted by Crippen LogP contribution is -2.11. The second-order valence-electron chi connectivity index (χ2n) is 5.57. The number of hydrogen-bond acceptors (Lipinski definition) is 4. The molecule has 1 aromatic carbocycles. The molecular formula is C20H40N2S2. The molecule has 0 saturated carbocycles. The Kier molecular flexibility index (Phi) is 16.6. The minimum absolute atomic E-state index is 0. The first-order chi connectivity index (χ1) is 11.5. The Morgan fingerprint density at radius 2 is 1.58 bits per heavy atom. The van der Waals surface area contributed by atoms with E-state index in [-0.39, 0.29) is 8.27 Å². The van der Waals surface area contributed by atoms with Gasteiger partial charge in [0.25, 0.3) is 0 Å². The van der Waals surface area contributed by atoms with Gasteiger partial charge in [0.2, 0.25) is 0 Å². The molecule has 1 heterocycles. The van der Waals surface area contributed by atoms with Crippen LogP contribution in [-0.4, -0.2) is 0 Å². The van der Waals surface area contributed by atoms with Gasteiger partial charge in [0.05, 0.1) is 0 Å². The predicted molar refractivity (Wildman–Crippen MR) is 120 cm³/mol. The molecule has 0 bridgehead atoms. The van der Waals surface area contributed by atoms with Gasteiger partial charge in [-0.15, -0.1) is 11.3 Å². The maximum atomic E-state index is 5.30. The van der Waals surface area contributed by atoms with Crippen LogP contribution in [0.5, 0.6) is 0 Å². The Morgan fingerprint density at radius 3 is 1.88 bits per heavy atom. The monoisotopic (exact) mass is 372 g/mol. The lowest BCUT2D eigenvalue weighted by atomic mass is 9.87. The third-order valence-corrected chi connectivity index (χ3v) is 3.94. The summed E-state index contributed by atoms with van der Waals surface area (Å²) in [6, 6.07) is 12.7. The number of hydrogen-bond donors (Lipinski definition) is 3. The highest BCUT2D eigenvalue weighted by Crippen LogP contribution is 2.22. The molecule has 0 saturated heterocycles. The molecule has 0 aliphatic rings. The van der Waals surface area contributed by atoms with Crippen molar-refractivity contribution in [3.63, 3.8) is 0 Å². The third kappa shape index (κ3) is 11.7. The molecule has 0 aliphatic heterocycles. The van der Waals surface area contributed by atoms with Gasteiger partial charge in [-0.2, -0.15) is 0 Å². The minimum Gasteiger partial charge on any atom is -0.326 e. The second kappa shape index (κ2) is 15.7. The number of nitrogens with one attached hydrogen (secondary N) is 1. The van der Waals surface area contributed by atoms with E-state index in [0.717, 1.165) is 6.54 Å². The van der Waals surface area contributed by atoms with Crippen molar-refractivity contribution in [1.29, 1.82) is 0 Å². The van der Waals surface area contributed by atoms with Gasteiger partial charge in [0.1, 0.15) is 0 Å². The summed E-state index contributed by atoms with van der Waals surface area (Å²) in [6.45, 7) is 16.2. The van der Waals surface area contributed by atoms with Gasteiger partial charge >= 0.3 is 0 Å². The molecule has 4 heteroatoms. The van der Waals surface area contributed by atoms with Crippen LogP contribution in [0.25, 0.3) is 0 Å². The van der Waals surface area contributed by atoms with E-state index < -0.39 is 0 Å². The van der Waals surface area contributed by atoms with E-state index in [0.29, 0.717) is 6.54 Å². The van der Waals surface area contributed by atoms with Crippen LogP contribution >= 0.6 is 24.2 Å². The number of rotatable bonds is 3. The largest absolute Gasteiger partial charge is 0.326 e. The highest BCUT2D eigenvalue weighted by atomic mass is 32.1. The van der Waals surface area contributed by atoms with E-state index >= 15 is 0 Å². The average molecular weight is 373 g/mol. The summed E-state index contributed by atoms with van der Waals surface area (Å²) in [6.07, 6.45) is 0. The van der Waals surface area contributed by atoms with Crippen molar-refractivity contribution < 1.29 is 2.85 Å². The molecule has 0 spiro atoms. The quantitative estimate of drug-likeness (QED) is 0.526. The maximum Gasteiger partial charge on any atom is 0.0307 e. The molecule has 142 valence electrons. The first-order valence-corrected chi connectivity index (χ1v) is 9.99. The van der Waals surface area contributed by atoms with E-state index in [9.17, 15) is 0 Å². The number of benzene rings is 1. The molecule has 2 aromatic rings. The van der Waals surface area contributed by atoms with Crippen LogP contribution in [0, 0.1) is 0 Å². The third-order valence-electron chi connectivity index (χ3n) is 2.88. The molecule has 2 nitrogen and oxygen atoms in total. The summed E-state index contributed by atoms with van der Waals surface area (Å²) in [7, 11) is 0. The van der Waals surface area contributed by atoms with E-state index in [1.54, 1.807) is 11.3 Å². The number of nitrogens with two attached hydrogens (primary N) is 1. The SMILES string of the molecule is CC.CC.CC(C)(C)c1ccc(CNS)cc1.NCc1cccs1.[HH].[HH]. The van der Waals surface area contributed by atoms with Crippen LogP contribution in [0.15, 0.2) is 41.8 Å². The van der Waals surface area contributed by atoms with Gasteiger partial charge in [-0.1, -0.05) is 91.6 Å². The Hall–Kier alpha value is -0.810. The Morgan fingerprint density at radius 1 is 1.04 bits per heavy atom. The fourth-order valence-electron chi connectivity index (χ4n) is 1.64. The average Bonchev–Trinajstić information content (AvgIpc) is 3.13. The molecule has 0 amide bonds. The molecule has 0 radical (unpaired) electrons. The molecule has 0 aliphatic carbocycles. The lowest BCUT2D eigenvalue weighted by molar-refractivity contribution is 0.590. The highest BCUT2D eigenvalue weighted by molar-refractivity contribution is 7.78. The van der Waals surface area contributed by atoms with Gasteiger partial charge in [0.15, 0.2) is 0 Å². The first kappa shape index (κ1) is 25.4. The normalized spacial score (nSPS) is 9.54. The molecular weight excluding hydrogens is 332 g/mol. The number of thiol groups is 1. The summed E-state index contributed by atoms with van der Waals surface area (Å²) >= 11 is 5.66. The van der Waals surface area contributed by atoms with Crippen LogP contribution in [0.3, 0.4) is 0 Å². The van der Waals surface area contributed by atoms with E-state index in [2.05, 4.69) is 62.6 Å². The Bertz CT molecular complexity index is 482. The molecule has 0 fully saturated rings. The van der Waals surface area contributed by atoms with Crippen molar-refractivity contribution in [2.45, 2.75) is 67.0 Å². The highest BCUT2D eigenvalue weighted by Gasteiger charge is 2.12. The van der Waals surface area contributed by atoms with Crippen molar-refractivity contribution >= 4 is 24.2 Å². The molecule has 0 unspecified atom stereocenters. The van der Waals surface area contributed by atoms with Crippen LogP contribution in [0.1, 0.15) is 67.3 Å². The van der Waals surface area contributed by atoms with Crippen molar-refractivity contribution in [1.82, 2.24) is 4.72 Å². The molecule has 0 atom stereocenters. The fraction of sp³-hybridized carbons (Fsp3) is 0.500. The topological polar surface area (TPSA) is 38.0 Å².